The van der Waals surface area contributed by atoms with Crippen molar-refractivity contribution in [2.75, 3.05) is 6.61 Å². The molecule has 0 amide bonds. The third kappa shape index (κ3) is 5.22. The molecule has 36 heavy (non-hydrogen) atoms. The fourth-order valence-corrected chi connectivity index (χ4v) is 4.91. The summed E-state index contributed by atoms with van der Waals surface area (Å²) in [7, 11) is -0.424. The van der Waals surface area contributed by atoms with E-state index in [0.717, 1.165) is 11.4 Å². The van der Waals surface area contributed by atoms with Crippen molar-refractivity contribution in [3.63, 3.8) is 0 Å². The van der Waals surface area contributed by atoms with E-state index in [1.165, 1.54) is 4.68 Å². The lowest BCUT2D eigenvalue weighted by Crippen LogP contribution is -2.41. The summed E-state index contributed by atoms with van der Waals surface area (Å²) in [5.74, 6) is -0.173. The number of fused-ring (bicyclic) bond motifs is 1. The number of rotatable bonds is 9. The molecular weight excluding hydrogens is 485 g/mol. The molecule has 0 radical (unpaired) electrons. The fourth-order valence-electron chi connectivity index (χ4n) is 4.15. The second-order valence-corrected chi connectivity index (χ2v) is 17.0. The fraction of sp³-hybridized carbons (Fsp3) is 0.583. The first-order valence-corrected chi connectivity index (χ1v) is 15.8. The van der Waals surface area contributed by atoms with Crippen LogP contribution in [-0.2, 0) is 27.8 Å². The Morgan fingerprint density at radius 1 is 1.14 bits per heavy atom. The number of hydrogen-bond acceptors (Lipinski definition) is 6. The number of alkyl halides is 2. The van der Waals surface area contributed by atoms with Gasteiger partial charge in [-0.25, -0.2) is 4.98 Å². The average Bonchev–Trinajstić information content (AvgIpc) is 3.32. The molecule has 1 aliphatic heterocycles. The standard InChI is InChI=1S/C24H35BF2N4O4Si/c1-23(2)24(3,4)35-25(34-23)19-18(17-14-30(5)29-21(17)33-22(26)27)16-10-9-11-28-20(16)31(19)15-32-12-13-36(6,7)8/h9-11,14,22H,12-13,15H2,1-8H3. The van der Waals surface area contributed by atoms with Crippen molar-refractivity contribution in [2.24, 2.45) is 7.05 Å². The molecule has 0 N–H and O–H groups in total. The molecule has 0 aromatic carbocycles. The number of ether oxygens (including phenoxy) is 2. The van der Waals surface area contributed by atoms with Gasteiger partial charge in [0.05, 0.1) is 22.4 Å². The number of halogens is 2. The van der Waals surface area contributed by atoms with E-state index in [2.05, 4.69) is 29.7 Å². The lowest BCUT2D eigenvalue weighted by molar-refractivity contribution is -0.0527. The van der Waals surface area contributed by atoms with Crippen LogP contribution in [0.2, 0.25) is 25.7 Å². The molecule has 3 aromatic rings. The van der Waals surface area contributed by atoms with E-state index in [1.54, 1.807) is 25.5 Å². The van der Waals surface area contributed by atoms with Crippen molar-refractivity contribution in [3.8, 4) is 17.0 Å². The van der Waals surface area contributed by atoms with Crippen LogP contribution in [0.15, 0.2) is 24.5 Å². The largest absolute Gasteiger partial charge is 0.513 e. The number of pyridine rings is 1. The van der Waals surface area contributed by atoms with Crippen LogP contribution < -0.4 is 10.3 Å². The minimum absolute atomic E-state index is 0.173. The van der Waals surface area contributed by atoms with E-state index < -0.39 is 33.0 Å². The van der Waals surface area contributed by atoms with Crippen molar-refractivity contribution in [3.05, 3.63) is 24.5 Å². The molecule has 0 saturated carbocycles. The second kappa shape index (κ2) is 9.55. The molecule has 1 aliphatic rings. The molecule has 4 rings (SSSR count). The van der Waals surface area contributed by atoms with Crippen LogP contribution in [0, 0.1) is 0 Å². The van der Waals surface area contributed by atoms with E-state index in [1.807, 2.05) is 38.3 Å². The summed E-state index contributed by atoms with van der Waals surface area (Å²) in [6.07, 6.45) is 3.35. The van der Waals surface area contributed by atoms with E-state index in [0.29, 0.717) is 29.0 Å². The Hall–Kier alpha value is -2.28. The molecule has 0 aliphatic carbocycles. The van der Waals surface area contributed by atoms with Crippen molar-refractivity contribution in [2.45, 2.75) is 77.9 Å². The topological polar surface area (TPSA) is 72.6 Å². The predicted octanol–water partition coefficient (Wildman–Crippen LogP) is 4.65. The lowest BCUT2D eigenvalue weighted by atomic mass is 9.79. The van der Waals surface area contributed by atoms with Gasteiger partial charge in [-0.3, -0.25) is 4.68 Å². The first-order valence-electron chi connectivity index (χ1n) is 12.1. The van der Waals surface area contributed by atoms with Gasteiger partial charge in [-0.2, -0.15) is 8.78 Å². The smallest absolute Gasteiger partial charge is 0.415 e. The highest BCUT2D eigenvalue weighted by Crippen LogP contribution is 2.40. The third-order valence-corrected chi connectivity index (χ3v) is 8.52. The number of aryl methyl sites for hydroxylation is 1. The normalized spacial score (nSPS) is 17.5. The zero-order valence-corrected chi connectivity index (χ0v) is 23.3. The average molecular weight is 520 g/mol. The highest BCUT2D eigenvalue weighted by Gasteiger charge is 2.54. The van der Waals surface area contributed by atoms with Gasteiger partial charge in [-0.1, -0.05) is 19.6 Å². The summed E-state index contributed by atoms with van der Waals surface area (Å²) in [5.41, 5.74) is 1.06. The maximum Gasteiger partial charge on any atom is 0.513 e. The Kier molecular flexibility index (Phi) is 7.10. The van der Waals surface area contributed by atoms with Gasteiger partial charge in [0.15, 0.2) is 0 Å². The first-order chi connectivity index (χ1) is 16.7. The molecule has 4 heterocycles. The summed E-state index contributed by atoms with van der Waals surface area (Å²) >= 11 is 0. The quantitative estimate of drug-likeness (QED) is 0.302. The van der Waals surface area contributed by atoms with Gasteiger partial charge in [0.1, 0.15) is 12.4 Å². The summed E-state index contributed by atoms with van der Waals surface area (Å²) < 4.78 is 53.8. The van der Waals surface area contributed by atoms with Crippen LogP contribution in [0.4, 0.5) is 8.78 Å². The summed E-state index contributed by atoms with van der Waals surface area (Å²) in [4.78, 5) is 4.62. The van der Waals surface area contributed by atoms with Gasteiger partial charge in [-0.15, -0.1) is 5.10 Å². The van der Waals surface area contributed by atoms with Gasteiger partial charge < -0.3 is 23.3 Å². The Morgan fingerprint density at radius 3 is 2.42 bits per heavy atom. The predicted molar refractivity (Wildman–Crippen MR) is 138 cm³/mol. The lowest BCUT2D eigenvalue weighted by Gasteiger charge is -2.32. The van der Waals surface area contributed by atoms with Crippen LogP contribution in [0.1, 0.15) is 27.7 Å². The molecule has 1 fully saturated rings. The Bertz CT molecular complexity index is 1220. The molecule has 0 bridgehead atoms. The van der Waals surface area contributed by atoms with Crippen molar-refractivity contribution >= 4 is 31.8 Å². The zero-order valence-electron chi connectivity index (χ0n) is 22.3. The molecule has 1 saturated heterocycles. The molecule has 0 spiro atoms. The second-order valence-electron chi connectivity index (χ2n) is 11.4. The summed E-state index contributed by atoms with van der Waals surface area (Å²) in [6.45, 7) is 12.6. The monoisotopic (exact) mass is 520 g/mol. The summed E-state index contributed by atoms with van der Waals surface area (Å²) in [5, 5.41) is 4.89. The van der Waals surface area contributed by atoms with Crippen LogP contribution in [0.3, 0.4) is 0 Å². The van der Waals surface area contributed by atoms with Crippen molar-refractivity contribution in [1.29, 1.82) is 0 Å². The third-order valence-electron chi connectivity index (χ3n) is 6.82. The van der Waals surface area contributed by atoms with Crippen LogP contribution in [0.25, 0.3) is 22.2 Å². The number of hydrogen-bond donors (Lipinski definition) is 0. The molecule has 8 nitrogen and oxygen atoms in total. The maximum atomic E-state index is 13.3. The van der Waals surface area contributed by atoms with Crippen LogP contribution in [-0.4, -0.2) is 58.9 Å². The molecular formula is C24H35BF2N4O4Si. The van der Waals surface area contributed by atoms with E-state index in [4.69, 9.17) is 18.8 Å². The molecule has 0 atom stereocenters. The van der Waals surface area contributed by atoms with Gasteiger partial charge in [0, 0.05) is 45.1 Å². The van der Waals surface area contributed by atoms with Crippen LogP contribution in [0.5, 0.6) is 5.88 Å². The Morgan fingerprint density at radius 2 is 1.81 bits per heavy atom. The molecule has 12 heteroatoms. The zero-order chi connectivity index (χ0) is 26.5. The van der Waals surface area contributed by atoms with E-state index >= 15 is 0 Å². The van der Waals surface area contributed by atoms with Gasteiger partial charge in [0.2, 0.25) is 5.88 Å². The first kappa shape index (κ1) is 26.8. The molecule has 0 unspecified atom stereocenters. The Balaban J connectivity index is 1.90. The number of nitrogens with zero attached hydrogens (tertiary/aromatic N) is 4. The van der Waals surface area contributed by atoms with Crippen LogP contribution >= 0.6 is 0 Å². The van der Waals surface area contributed by atoms with Gasteiger partial charge >= 0.3 is 13.7 Å². The van der Waals surface area contributed by atoms with Crippen molar-refractivity contribution in [1.82, 2.24) is 19.3 Å². The highest BCUT2D eigenvalue weighted by atomic mass is 28.3. The highest BCUT2D eigenvalue weighted by molar-refractivity contribution is 6.76. The molecule has 3 aromatic heterocycles. The SMILES string of the molecule is Cn1cc(-c2c(B3OC(C)(C)C(C)(C)O3)n(COCC[Si](C)(C)C)c3ncccc23)c(OC(F)F)n1. The van der Waals surface area contributed by atoms with E-state index in [-0.39, 0.29) is 12.6 Å². The Labute approximate surface area is 212 Å². The van der Waals surface area contributed by atoms with Gasteiger partial charge in [0.25, 0.3) is 0 Å². The maximum absolute atomic E-state index is 13.3. The van der Waals surface area contributed by atoms with Gasteiger partial charge in [-0.05, 0) is 45.9 Å². The van der Waals surface area contributed by atoms with Crippen molar-refractivity contribution < 1.29 is 27.6 Å². The number of aromatic nitrogens is 4. The minimum atomic E-state index is -3.02. The minimum Gasteiger partial charge on any atom is -0.415 e. The van der Waals surface area contributed by atoms with E-state index in [9.17, 15) is 8.78 Å². The summed E-state index contributed by atoms with van der Waals surface area (Å²) in [6, 6.07) is 4.71. The molecule has 196 valence electrons.